The van der Waals surface area contributed by atoms with Gasteiger partial charge in [-0.2, -0.15) is 5.26 Å². The molecule has 0 aromatic heterocycles. The Labute approximate surface area is 116 Å². The predicted molar refractivity (Wildman–Crippen MR) is 75.4 cm³/mol. The lowest BCUT2D eigenvalue weighted by atomic mass is 9.84. The number of anilines is 1. The number of hydrogen-bond donors (Lipinski definition) is 1. The zero-order chi connectivity index (χ0) is 12.5. The standard InChI is InChI=1S/C14H16BrN3/c15-13-7-12(2-1-11(13)8-16)17-14-9-18-5-3-10(14)4-6-18/h1-2,7,10,14,17H,3-6,9H2. The molecule has 4 heteroatoms. The minimum Gasteiger partial charge on any atom is -0.381 e. The van der Waals surface area contributed by atoms with Crippen molar-refractivity contribution < 1.29 is 0 Å². The Balaban J connectivity index is 1.73. The van der Waals surface area contributed by atoms with E-state index < -0.39 is 0 Å². The van der Waals surface area contributed by atoms with Gasteiger partial charge in [0.1, 0.15) is 6.07 Å². The van der Waals surface area contributed by atoms with Gasteiger partial charge in [-0.1, -0.05) is 0 Å². The second-order valence-corrected chi connectivity index (χ2v) is 6.05. The zero-order valence-electron chi connectivity index (χ0n) is 10.2. The average Bonchev–Trinajstić information content (AvgIpc) is 2.40. The lowest BCUT2D eigenvalue weighted by Crippen LogP contribution is -2.53. The molecule has 3 heterocycles. The fourth-order valence-electron chi connectivity index (χ4n) is 3.04. The maximum absolute atomic E-state index is 8.91. The lowest BCUT2D eigenvalue weighted by molar-refractivity contribution is 0.0975. The van der Waals surface area contributed by atoms with Crippen molar-refractivity contribution in [3.8, 4) is 6.07 Å². The van der Waals surface area contributed by atoms with Crippen molar-refractivity contribution >= 4 is 21.6 Å². The molecule has 0 saturated carbocycles. The van der Waals surface area contributed by atoms with E-state index in [0.717, 1.165) is 22.6 Å². The van der Waals surface area contributed by atoms with Crippen LogP contribution in [0.1, 0.15) is 18.4 Å². The second-order valence-electron chi connectivity index (χ2n) is 5.20. The molecule has 1 unspecified atom stereocenters. The molecule has 1 aromatic carbocycles. The summed E-state index contributed by atoms with van der Waals surface area (Å²) >= 11 is 3.44. The van der Waals surface area contributed by atoms with Crippen LogP contribution >= 0.6 is 15.9 Å². The van der Waals surface area contributed by atoms with E-state index in [1.165, 1.54) is 25.9 Å². The number of benzene rings is 1. The van der Waals surface area contributed by atoms with Crippen molar-refractivity contribution in [1.29, 1.82) is 5.26 Å². The molecule has 0 radical (unpaired) electrons. The molecule has 3 saturated heterocycles. The first-order chi connectivity index (χ1) is 8.76. The Bertz CT molecular complexity index is 486. The number of halogens is 1. The number of hydrogen-bond acceptors (Lipinski definition) is 3. The smallest absolute Gasteiger partial charge is 0.100 e. The van der Waals surface area contributed by atoms with E-state index in [1.54, 1.807) is 0 Å². The average molecular weight is 306 g/mol. The molecule has 0 spiro atoms. The Morgan fingerprint density at radius 2 is 2.11 bits per heavy atom. The summed E-state index contributed by atoms with van der Waals surface area (Å²) in [5.74, 6) is 0.810. The van der Waals surface area contributed by atoms with Crippen LogP contribution in [0, 0.1) is 17.2 Å². The molecule has 3 aliphatic rings. The van der Waals surface area contributed by atoms with Crippen LogP contribution in [0.5, 0.6) is 0 Å². The van der Waals surface area contributed by atoms with Crippen LogP contribution in [-0.2, 0) is 0 Å². The molecule has 1 atom stereocenters. The highest BCUT2D eigenvalue weighted by molar-refractivity contribution is 9.10. The summed E-state index contributed by atoms with van der Waals surface area (Å²) in [5, 5.41) is 12.5. The van der Waals surface area contributed by atoms with Crippen molar-refractivity contribution in [2.24, 2.45) is 5.92 Å². The summed E-state index contributed by atoms with van der Waals surface area (Å²) in [4.78, 5) is 2.54. The summed E-state index contributed by atoms with van der Waals surface area (Å²) in [6.07, 6.45) is 2.63. The van der Waals surface area contributed by atoms with Crippen molar-refractivity contribution in [3.63, 3.8) is 0 Å². The van der Waals surface area contributed by atoms with Crippen molar-refractivity contribution in [2.45, 2.75) is 18.9 Å². The van der Waals surface area contributed by atoms with Crippen LogP contribution in [0.3, 0.4) is 0 Å². The van der Waals surface area contributed by atoms with Gasteiger partial charge in [0.15, 0.2) is 0 Å². The van der Waals surface area contributed by atoms with E-state index in [-0.39, 0.29) is 0 Å². The summed E-state index contributed by atoms with van der Waals surface area (Å²) in [6.45, 7) is 3.68. The third-order valence-electron chi connectivity index (χ3n) is 4.10. The highest BCUT2D eigenvalue weighted by atomic mass is 79.9. The number of nitrogens with zero attached hydrogens (tertiary/aromatic N) is 2. The van der Waals surface area contributed by atoms with Crippen LogP contribution in [-0.4, -0.2) is 30.6 Å². The summed E-state index contributed by atoms with van der Waals surface area (Å²) in [7, 11) is 0. The van der Waals surface area contributed by atoms with Gasteiger partial charge in [-0.15, -0.1) is 0 Å². The van der Waals surface area contributed by atoms with Crippen LogP contribution in [0.4, 0.5) is 5.69 Å². The molecule has 4 rings (SSSR count). The van der Waals surface area contributed by atoms with Crippen molar-refractivity contribution in [2.75, 3.05) is 25.0 Å². The molecular formula is C14H16BrN3. The minimum absolute atomic E-state index is 0.562. The Morgan fingerprint density at radius 3 is 2.67 bits per heavy atom. The third kappa shape index (κ3) is 2.25. The molecule has 2 bridgehead atoms. The van der Waals surface area contributed by atoms with E-state index in [2.05, 4.69) is 32.2 Å². The predicted octanol–water partition coefficient (Wildman–Crippen LogP) is 2.83. The summed E-state index contributed by atoms with van der Waals surface area (Å²) < 4.78 is 0.872. The third-order valence-corrected chi connectivity index (χ3v) is 4.75. The van der Waals surface area contributed by atoms with Gasteiger partial charge in [-0.3, -0.25) is 0 Å². The SMILES string of the molecule is N#Cc1ccc(NC2CN3CCC2CC3)cc1Br. The first-order valence-electron chi connectivity index (χ1n) is 6.45. The molecule has 94 valence electrons. The van der Waals surface area contributed by atoms with Gasteiger partial charge in [0.2, 0.25) is 0 Å². The van der Waals surface area contributed by atoms with Crippen molar-refractivity contribution in [1.82, 2.24) is 4.90 Å². The fraction of sp³-hybridized carbons (Fsp3) is 0.500. The quantitative estimate of drug-likeness (QED) is 0.913. The molecule has 3 aliphatic heterocycles. The molecular weight excluding hydrogens is 290 g/mol. The topological polar surface area (TPSA) is 39.1 Å². The van der Waals surface area contributed by atoms with E-state index in [4.69, 9.17) is 5.26 Å². The van der Waals surface area contributed by atoms with E-state index in [9.17, 15) is 0 Å². The number of piperidine rings is 3. The molecule has 1 N–H and O–H groups in total. The number of rotatable bonds is 2. The van der Waals surface area contributed by atoms with Gasteiger partial charge < -0.3 is 10.2 Å². The van der Waals surface area contributed by atoms with E-state index in [1.807, 2.05) is 18.2 Å². The Hall–Kier alpha value is -1.05. The number of nitrogens with one attached hydrogen (secondary N) is 1. The maximum Gasteiger partial charge on any atom is 0.100 e. The molecule has 0 amide bonds. The Morgan fingerprint density at radius 1 is 1.33 bits per heavy atom. The van der Waals surface area contributed by atoms with Crippen LogP contribution < -0.4 is 5.32 Å². The number of nitriles is 1. The fourth-order valence-corrected chi connectivity index (χ4v) is 3.51. The monoisotopic (exact) mass is 305 g/mol. The highest BCUT2D eigenvalue weighted by Gasteiger charge is 2.33. The maximum atomic E-state index is 8.91. The highest BCUT2D eigenvalue weighted by Crippen LogP contribution is 2.30. The van der Waals surface area contributed by atoms with Crippen LogP contribution in [0.2, 0.25) is 0 Å². The second kappa shape index (κ2) is 4.91. The van der Waals surface area contributed by atoms with E-state index in [0.29, 0.717) is 11.6 Å². The van der Waals surface area contributed by atoms with Gasteiger partial charge in [0, 0.05) is 22.7 Å². The first-order valence-corrected chi connectivity index (χ1v) is 7.24. The minimum atomic E-state index is 0.562. The van der Waals surface area contributed by atoms with Gasteiger partial charge >= 0.3 is 0 Å². The molecule has 3 fully saturated rings. The lowest BCUT2D eigenvalue weighted by Gasteiger charge is -2.45. The van der Waals surface area contributed by atoms with E-state index >= 15 is 0 Å². The van der Waals surface area contributed by atoms with Gasteiger partial charge in [0.25, 0.3) is 0 Å². The molecule has 3 nitrogen and oxygen atoms in total. The van der Waals surface area contributed by atoms with Gasteiger partial charge in [-0.05, 0) is 66.0 Å². The molecule has 1 aromatic rings. The Kier molecular flexibility index (Phi) is 3.27. The van der Waals surface area contributed by atoms with Gasteiger partial charge in [-0.25, -0.2) is 0 Å². The number of fused-ring (bicyclic) bond motifs is 3. The van der Waals surface area contributed by atoms with Crippen molar-refractivity contribution in [3.05, 3.63) is 28.2 Å². The largest absolute Gasteiger partial charge is 0.381 e. The normalized spacial score (nSPS) is 29.9. The van der Waals surface area contributed by atoms with Gasteiger partial charge in [0.05, 0.1) is 5.56 Å². The first kappa shape index (κ1) is 12.0. The van der Waals surface area contributed by atoms with Crippen LogP contribution in [0.25, 0.3) is 0 Å². The summed E-state index contributed by atoms with van der Waals surface area (Å²) in [6, 6.07) is 8.61. The zero-order valence-corrected chi connectivity index (χ0v) is 11.8. The molecule has 18 heavy (non-hydrogen) atoms. The summed E-state index contributed by atoms with van der Waals surface area (Å²) in [5.41, 5.74) is 1.80. The van der Waals surface area contributed by atoms with Crippen LogP contribution in [0.15, 0.2) is 22.7 Å². The molecule has 0 aliphatic carbocycles.